The zero-order chi connectivity index (χ0) is 12.3. The summed E-state index contributed by atoms with van der Waals surface area (Å²) < 4.78 is 0. The lowest BCUT2D eigenvalue weighted by Crippen LogP contribution is -2.11. The first-order valence-electron chi connectivity index (χ1n) is 5.08. The molecule has 88 valence electrons. The molecule has 0 fully saturated rings. The Hall–Kier alpha value is -1.20. The van der Waals surface area contributed by atoms with Crippen molar-refractivity contribution in [3.63, 3.8) is 0 Å². The van der Waals surface area contributed by atoms with Gasteiger partial charge in [0, 0.05) is 11.0 Å². The molecule has 0 aliphatic rings. The van der Waals surface area contributed by atoms with Crippen molar-refractivity contribution in [2.24, 2.45) is 0 Å². The smallest absolute Gasteiger partial charge is 0.267 e. The Balaban J connectivity index is 2.18. The van der Waals surface area contributed by atoms with Gasteiger partial charge in [-0.25, -0.2) is 4.98 Å². The van der Waals surface area contributed by atoms with Gasteiger partial charge in [-0.1, -0.05) is 34.1 Å². The highest BCUT2D eigenvalue weighted by Crippen LogP contribution is 2.20. The second-order valence-electron chi connectivity index (χ2n) is 3.49. The van der Waals surface area contributed by atoms with Gasteiger partial charge in [-0.2, -0.15) is 0 Å². The molecule has 3 nitrogen and oxygen atoms in total. The van der Waals surface area contributed by atoms with Crippen molar-refractivity contribution in [1.82, 2.24) is 4.98 Å². The van der Waals surface area contributed by atoms with E-state index in [1.54, 1.807) is 6.20 Å². The zero-order valence-electron chi connectivity index (χ0n) is 9.24. The predicted octanol–water partition coefficient (Wildman–Crippen LogP) is 3.60. The van der Waals surface area contributed by atoms with Crippen LogP contribution < -0.4 is 5.32 Å². The summed E-state index contributed by atoms with van der Waals surface area (Å²) in [4.78, 5) is 16.6. The highest BCUT2D eigenvalue weighted by atomic mass is 79.9. The number of hydrogen-bond acceptors (Lipinski definition) is 3. The van der Waals surface area contributed by atoms with Crippen LogP contribution in [0.5, 0.6) is 0 Å². The number of aryl methyl sites for hydroxylation is 1. The summed E-state index contributed by atoms with van der Waals surface area (Å²) in [6.07, 6.45) is 1.60. The van der Waals surface area contributed by atoms with Gasteiger partial charge >= 0.3 is 0 Å². The minimum absolute atomic E-state index is 0.107. The summed E-state index contributed by atoms with van der Waals surface area (Å²) in [5, 5.41) is 4.50. The molecule has 17 heavy (non-hydrogen) atoms. The molecule has 2 rings (SSSR count). The first kappa shape index (κ1) is 12.3. The number of halogens is 1. The third-order valence-electron chi connectivity index (χ3n) is 2.25. The van der Waals surface area contributed by atoms with Gasteiger partial charge < -0.3 is 5.32 Å². The van der Waals surface area contributed by atoms with Crippen molar-refractivity contribution < 1.29 is 4.79 Å². The summed E-state index contributed by atoms with van der Waals surface area (Å²) in [5.41, 5.74) is 1.89. The van der Waals surface area contributed by atoms with Gasteiger partial charge in [-0.05, 0) is 18.6 Å². The molecule has 5 heteroatoms. The topological polar surface area (TPSA) is 42.0 Å². The molecule has 0 bridgehead atoms. The van der Waals surface area contributed by atoms with Gasteiger partial charge in [0.05, 0.1) is 11.2 Å². The molecule has 0 unspecified atom stereocenters. The van der Waals surface area contributed by atoms with Crippen LogP contribution >= 0.6 is 27.3 Å². The van der Waals surface area contributed by atoms with Crippen LogP contribution in [0.4, 0.5) is 5.69 Å². The van der Waals surface area contributed by atoms with E-state index in [9.17, 15) is 4.79 Å². The number of carbonyl (C=O) groups excluding carboxylic acids is 1. The fraction of sp³-hybridized carbons (Fsp3) is 0.167. The van der Waals surface area contributed by atoms with Crippen molar-refractivity contribution in [2.75, 3.05) is 5.32 Å². The first-order valence-corrected chi connectivity index (χ1v) is 7.02. The molecule has 1 amide bonds. The van der Waals surface area contributed by atoms with Gasteiger partial charge in [0.25, 0.3) is 5.91 Å². The van der Waals surface area contributed by atoms with E-state index in [1.165, 1.54) is 11.3 Å². The number of amides is 1. The molecule has 2 aromatic rings. The van der Waals surface area contributed by atoms with E-state index in [4.69, 9.17) is 0 Å². The number of rotatable bonds is 3. The number of hydrogen-bond donors (Lipinski definition) is 1. The highest BCUT2D eigenvalue weighted by molar-refractivity contribution is 9.08. The van der Waals surface area contributed by atoms with Crippen LogP contribution in [0.3, 0.4) is 0 Å². The first-order chi connectivity index (χ1) is 8.20. The molecule has 0 saturated heterocycles. The molecular weight excluding hydrogens is 300 g/mol. The van der Waals surface area contributed by atoms with E-state index in [0.29, 0.717) is 10.2 Å². The fourth-order valence-electron chi connectivity index (χ4n) is 1.41. The van der Waals surface area contributed by atoms with Gasteiger partial charge in [-0.3, -0.25) is 4.79 Å². The van der Waals surface area contributed by atoms with Gasteiger partial charge in [-0.15, -0.1) is 11.3 Å². The SMILES string of the molecule is Cc1ncc(C(=O)Nc2ccccc2CBr)s1. The molecule has 0 spiro atoms. The Morgan fingerprint density at radius 1 is 1.47 bits per heavy atom. The van der Waals surface area contributed by atoms with E-state index in [0.717, 1.165) is 16.3 Å². The summed E-state index contributed by atoms with van der Waals surface area (Å²) >= 11 is 4.79. The molecule has 1 heterocycles. The third kappa shape index (κ3) is 2.92. The molecule has 1 aromatic carbocycles. The van der Waals surface area contributed by atoms with Crippen LogP contribution in [0.2, 0.25) is 0 Å². The van der Waals surface area contributed by atoms with Crippen molar-refractivity contribution in [1.29, 1.82) is 0 Å². The number of benzene rings is 1. The van der Waals surface area contributed by atoms with Gasteiger partial charge in [0.1, 0.15) is 4.88 Å². The lowest BCUT2D eigenvalue weighted by Gasteiger charge is -2.07. The molecule has 0 aliphatic heterocycles. The van der Waals surface area contributed by atoms with E-state index in [2.05, 4.69) is 26.2 Å². The Morgan fingerprint density at radius 2 is 2.24 bits per heavy atom. The summed E-state index contributed by atoms with van der Waals surface area (Å²) in [6, 6.07) is 7.72. The van der Waals surface area contributed by atoms with E-state index >= 15 is 0 Å². The lowest BCUT2D eigenvalue weighted by atomic mass is 10.2. The van der Waals surface area contributed by atoms with Crippen molar-refractivity contribution in [3.8, 4) is 0 Å². The summed E-state index contributed by atoms with van der Waals surface area (Å²) in [6.45, 7) is 1.88. The Kier molecular flexibility index (Phi) is 3.91. The van der Waals surface area contributed by atoms with Crippen molar-refractivity contribution in [2.45, 2.75) is 12.3 Å². The Morgan fingerprint density at radius 3 is 2.88 bits per heavy atom. The predicted molar refractivity (Wildman–Crippen MR) is 73.9 cm³/mol. The largest absolute Gasteiger partial charge is 0.321 e. The number of anilines is 1. The van der Waals surface area contributed by atoms with E-state index in [1.807, 2.05) is 31.2 Å². The molecule has 0 saturated carbocycles. The van der Waals surface area contributed by atoms with Gasteiger partial charge in [0.15, 0.2) is 0 Å². The number of nitrogens with zero attached hydrogens (tertiary/aromatic N) is 1. The van der Waals surface area contributed by atoms with E-state index < -0.39 is 0 Å². The molecule has 1 aromatic heterocycles. The number of alkyl halides is 1. The molecule has 0 aliphatic carbocycles. The van der Waals surface area contributed by atoms with Crippen molar-refractivity contribution >= 4 is 38.9 Å². The monoisotopic (exact) mass is 310 g/mol. The van der Waals surface area contributed by atoms with Crippen LogP contribution in [-0.4, -0.2) is 10.9 Å². The number of nitrogens with one attached hydrogen (secondary N) is 1. The van der Waals surface area contributed by atoms with Crippen LogP contribution in [-0.2, 0) is 5.33 Å². The minimum atomic E-state index is -0.107. The average molecular weight is 311 g/mol. The average Bonchev–Trinajstić information content (AvgIpc) is 2.77. The van der Waals surface area contributed by atoms with Crippen LogP contribution in [0, 0.1) is 6.92 Å². The van der Waals surface area contributed by atoms with Crippen LogP contribution in [0.15, 0.2) is 30.5 Å². The maximum atomic E-state index is 11.9. The van der Waals surface area contributed by atoms with Crippen molar-refractivity contribution in [3.05, 3.63) is 45.9 Å². The molecule has 0 radical (unpaired) electrons. The number of para-hydroxylation sites is 1. The number of aromatic nitrogens is 1. The zero-order valence-corrected chi connectivity index (χ0v) is 11.6. The van der Waals surface area contributed by atoms with E-state index in [-0.39, 0.29) is 5.91 Å². The molecule has 0 atom stereocenters. The second kappa shape index (κ2) is 5.42. The summed E-state index contributed by atoms with van der Waals surface area (Å²) in [5.74, 6) is -0.107. The minimum Gasteiger partial charge on any atom is -0.321 e. The molecular formula is C12H11BrN2OS. The lowest BCUT2D eigenvalue weighted by molar-refractivity contribution is 0.103. The molecule has 1 N–H and O–H groups in total. The normalized spacial score (nSPS) is 10.2. The standard InChI is InChI=1S/C12H11BrN2OS/c1-8-14-7-11(17-8)12(16)15-10-5-3-2-4-9(10)6-13/h2-5,7H,6H2,1H3,(H,15,16). The number of thiazole rings is 1. The Bertz CT molecular complexity index is 539. The third-order valence-corrected chi connectivity index (χ3v) is 3.77. The van der Waals surface area contributed by atoms with Gasteiger partial charge in [0.2, 0.25) is 0 Å². The second-order valence-corrected chi connectivity index (χ2v) is 5.28. The number of carbonyl (C=O) groups is 1. The summed E-state index contributed by atoms with van der Waals surface area (Å²) in [7, 11) is 0. The maximum absolute atomic E-state index is 11.9. The van der Waals surface area contributed by atoms with Crippen LogP contribution in [0.25, 0.3) is 0 Å². The Labute approximate surface area is 112 Å². The fourth-order valence-corrected chi connectivity index (χ4v) is 2.57. The highest BCUT2D eigenvalue weighted by Gasteiger charge is 2.10. The van der Waals surface area contributed by atoms with Crippen LogP contribution in [0.1, 0.15) is 20.2 Å². The quantitative estimate of drug-likeness (QED) is 0.880. The maximum Gasteiger partial charge on any atom is 0.267 e.